The van der Waals surface area contributed by atoms with Crippen LogP contribution in [0.15, 0.2) is 48.9 Å². The van der Waals surface area contributed by atoms with Gasteiger partial charge in [-0.25, -0.2) is 0 Å². The molecule has 0 fully saturated rings. The van der Waals surface area contributed by atoms with E-state index in [1.165, 1.54) is 0 Å². The van der Waals surface area contributed by atoms with Crippen molar-refractivity contribution in [1.29, 1.82) is 0 Å². The second-order valence-electron chi connectivity index (χ2n) is 5.33. The Morgan fingerprint density at radius 2 is 1.48 bits per heavy atom. The maximum atomic E-state index is 5.76. The van der Waals surface area contributed by atoms with E-state index < -0.39 is 0 Å². The van der Waals surface area contributed by atoms with E-state index in [0.29, 0.717) is 0 Å². The van der Waals surface area contributed by atoms with Gasteiger partial charge >= 0.3 is 0 Å². The fourth-order valence-corrected chi connectivity index (χ4v) is 2.89. The predicted octanol–water partition coefficient (Wildman–Crippen LogP) is 3.15. The summed E-state index contributed by atoms with van der Waals surface area (Å²) < 4.78 is 27.4. The average molecular weight is 311 g/mol. The summed E-state index contributed by atoms with van der Waals surface area (Å²) in [4.78, 5) is 2.03. The molecular formula is C17H13NO5. The quantitative estimate of drug-likeness (QED) is 0.849. The fourth-order valence-electron chi connectivity index (χ4n) is 2.89. The zero-order valence-corrected chi connectivity index (χ0v) is 12.1. The summed E-state index contributed by atoms with van der Waals surface area (Å²) in [6, 6.07) is 11.6. The normalized spacial score (nSPS) is 20.0. The molecule has 2 aromatic carbocycles. The smallest absolute Gasteiger partial charge is 0.231 e. The number of hydrogen-bond donors (Lipinski definition) is 0. The maximum Gasteiger partial charge on any atom is 0.231 e. The van der Waals surface area contributed by atoms with Crippen LogP contribution in [-0.4, -0.2) is 13.6 Å². The largest absolute Gasteiger partial charge is 0.472 e. The van der Waals surface area contributed by atoms with Crippen LogP contribution in [0.4, 0.5) is 5.69 Å². The van der Waals surface area contributed by atoms with Crippen LogP contribution in [0.1, 0.15) is 11.8 Å². The van der Waals surface area contributed by atoms with Crippen molar-refractivity contribution in [3.8, 4) is 23.0 Å². The number of fused-ring (bicyclic) bond motifs is 2. The second-order valence-corrected chi connectivity index (χ2v) is 5.33. The monoisotopic (exact) mass is 311 g/mol. The van der Waals surface area contributed by atoms with Crippen molar-refractivity contribution in [1.82, 2.24) is 0 Å². The van der Waals surface area contributed by atoms with Crippen LogP contribution in [0.25, 0.3) is 0 Å². The molecule has 3 aliphatic heterocycles. The predicted molar refractivity (Wildman–Crippen MR) is 80.6 cm³/mol. The first kappa shape index (κ1) is 12.5. The molecule has 23 heavy (non-hydrogen) atoms. The molecule has 116 valence electrons. The third-order valence-corrected chi connectivity index (χ3v) is 4.02. The molecule has 2 aromatic rings. The number of hydrogen-bond acceptors (Lipinski definition) is 6. The Labute approximate surface area is 132 Å². The van der Waals surface area contributed by atoms with Gasteiger partial charge in [-0.15, -0.1) is 0 Å². The Morgan fingerprint density at radius 1 is 0.783 bits per heavy atom. The summed E-state index contributed by atoms with van der Waals surface area (Å²) in [6.07, 6.45) is 3.32. The molecule has 3 heterocycles. The van der Waals surface area contributed by atoms with Crippen molar-refractivity contribution in [3.05, 3.63) is 54.4 Å². The molecule has 0 radical (unpaired) electrons. The van der Waals surface area contributed by atoms with Crippen LogP contribution in [0.5, 0.6) is 23.0 Å². The van der Waals surface area contributed by atoms with Crippen LogP contribution < -0.4 is 23.8 Å². The van der Waals surface area contributed by atoms with Gasteiger partial charge in [0.25, 0.3) is 0 Å². The van der Waals surface area contributed by atoms with Gasteiger partial charge in [0.2, 0.25) is 19.8 Å². The van der Waals surface area contributed by atoms with E-state index in [1.807, 2.05) is 47.5 Å². The van der Waals surface area contributed by atoms with Crippen molar-refractivity contribution >= 4 is 5.69 Å². The lowest BCUT2D eigenvalue weighted by Crippen LogP contribution is -2.19. The van der Waals surface area contributed by atoms with E-state index in [4.69, 9.17) is 23.7 Å². The third kappa shape index (κ3) is 1.95. The molecule has 1 unspecified atom stereocenters. The summed E-state index contributed by atoms with van der Waals surface area (Å²) in [5, 5.41) is 0. The molecule has 0 bridgehead atoms. The first-order chi connectivity index (χ1) is 11.4. The van der Waals surface area contributed by atoms with Crippen LogP contribution in [0.2, 0.25) is 0 Å². The van der Waals surface area contributed by atoms with Crippen molar-refractivity contribution in [2.24, 2.45) is 0 Å². The number of rotatable bonds is 2. The summed E-state index contributed by atoms with van der Waals surface area (Å²) in [5.41, 5.74) is 1.95. The Hall–Kier alpha value is -3.02. The van der Waals surface area contributed by atoms with Crippen LogP contribution in [0.3, 0.4) is 0 Å². The van der Waals surface area contributed by atoms with Crippen molar-refractivity contribution < 1.29 is 23.7 Å². The number of ether oxygens (including phenoxy) is 5. The Kier molecular flexibility index (Phi) is 2.58. The average Bonchev–Trinajstić information content (AvgIpc) is 3.32. The van der Waals surface area contributed by atoms with Crippen LogP contribution >= 0.6 is 0 Å². The first-order valence-corrected chi connectivity index (χ1v) is 7.28. The van der Waals surface area contributed by atoms with Gasteiger partial charge in [0.15, 0.2) is 23.0 Å². The molecule has 0 N–H and O–H groups in total. The van der Waals surface area contributed by atoms with E-state index in [1.54, 1.807) is 6.26 Å². The molecule has 6 nitrogen and oxygen atoms in total. The molecule has 0 saturated heterocycles. The lowest BCUT2D eigenvalue weighted by molar-refractivity contribution is 0.170. The number of nitrogens with zero attached hydrogens (tertiary/aromatic N) is 1. The van der Waals surface area contributed by atoms with Gasteiger partial charge in [-0.3, -0.25) is 0 Å². The van der Waals surface area contributed by atoms with Gasteiger partial charge in [0.1, 0.15) is 6.26 Å². The minimum Gasteiger partial charge on any atom is -0.472 e. The fraction of sp³-hybridized carbons (Fsp3) is 0.176. The molecule has 0 saturated carbocycles. The first-order valence-electron chi connectivity index (χ1n) is 7.28. The lowest BCUT2D eigenvalue weighted by Gasteiger charge is -2.24. The van der Waals surface area contributed by atoms with E-state index in [2.05, 4.69) is 0 Å². The van der Waals surface area contributed by atoms with Gasteiger partial charge in [-0.2, -0.15) is 0 Å². The van der Waals surface area contributed by atoms with E-state index in [-0.39, 0.29) is 19.8 Å². The SMILES string of the molecule is C1=CN(c2ccc3c(c2)OCO3)C(c2ccc3c(c2)OCO3)O1. The Morgan fingerprint density at radius 3 is 2.30 bits per heavy atom. The Bertz CT molecular complexity index is 804. The molecule has 0 aromatic heterocycles. The third-order valence-electron chi connectivity index (χ3n) is 4.02. The minimum absolute atomic E-state index is 0.258. The summed E-state index contributed by atoms with van der Waals surface area (Å²) in [6.45, 7) is 0.519. The topological polar surface area (TPSA) is 49.4 Å². The van der Waals surface area contributed by atoms with Gasteiger partial charge in [0, 0.05) is 23.5 Å². The second kappa shape index (κ2) is 4.74. The van der Waals surface area contributed by atoms with Gasteiger partial charge < -0.3 is 28.6 Å². The summed E-state index contributed by atoms with van der Waals surface area (Å²) >= 11 is 0. The molecule has 5 rings (SSSR count). The zero-order chi connectivity index (χ0) is 15.2. The van der Waals surface area contributed by atoms with Crippen molar-refractivity contribution in [3.63, 3.8) is 0 Å². The van der Waals surface area contributed by atoms with E-state index >= 15 is 0 Å². The van der Waals surface area contributed by atoms with E-state index in [9.17, 15) is 0 Å². The molecule has 0 spiro atoms. The Balaban J connectivity index is 1.49. The molecule has 6 heteroatoms. The highest BCUT2D eigenvalue weighted by Gasteiger charge is 2.27. The van der Waals surface area contributed by atoms with Gasteiger partial charge in [0.05, 0.1) is 0 Å². The number of anilines is 1. The highest BCUT2D eigenvalue weighted by molar-refractivity contribution is 5.60. The molecule has 0 aliphatic carbocycles. The molecule has 3 aliphatic rings. The summed E-state index contributed by atoms with van der Waals surface area (Å²) in [5.74, 6) is 3.00. The minimum atomic E-state index is -0.259. The zero-order valence-electron chi connectivity index (χ0n) is 12.1. The molecular weight excluding hydrogens is 298 g/mol. The highest BCUT2D eigenvalue weighted by Crippen LogP contribution is 2.41. The highest BCUT2D eigenvalue weighted by atomic mass is 16.7. The van der Waals surface area contributed by atoms with Crippen LogP contribution in [-0.2, 0) is 4.74 Å². The molecule has 1 atom stereocenters. The molecule has 0 amide bonds. The van der Waals surface area contributed by atoms with Crippen LogP contribution in [0, 0.1) is 0 Å². The number of benzene rings is 2. The lowest BCUT2D eigenvalue weighted by atomic mass is 10.1. The summed E-state index contributed by atoms with van der Waals surface area (Å²) in [7, 11) is 0. The van der Waals surface area contributed by atoms with Crippen molar-refractivity contribution in [2.45, 2.75) is 6.23 Å². The van der Waals surface area contributed by atoms with Crippen molar-refractivity contribution in [2.75, 3.05) is 18.5 Å². The van der Waals surface area contributed by atoms with Gasteiger partial charge in [-0.1, -0.05) is 0 Å². The van der Waals surface area contributed by atoms with Gasteiger partial charge in [-0.05, 0) is 30.3 Å². The standard InChI is InChI=1S/C17H13NO5/c1-3-13-15(22-9-20-13)7-11(1)17-18(5-6-19-17)12-2-4-14-16(8-12)23-10-21-14/h1-8,17H,9-10H2. The van der Waals surface area contributed by atoms with E-state index in [0.717, 1.165) is 34.2 Å². The maximum absolute atomic E-state index is 5.76.